The van der Waals surface area contributed by atoms with Crippen LogP contribution in [-0.4, -0.2) is 9.38 Å². The third-order valence-electron chi connectivity index (χ3n) is 5.60. The summed E-state index contributed by atoms with van der Waals surface area (Å²) in [6.07, 6.45) is 1.93. The number of aromatic nitrogens is 2. The Morgan fingerprint density at radius 2 is 1.73 bits per heavy atom. The number of hydrogen-bond donors (Lipinski definition) is 0. The van der Waals surface area contributed by atoms with E-state index in [-0.39, 0.29) is 0 Å². The molecule has 3 aromatic carbocycles. The van der Waals surface area contributed by atoms with Gasteiger partial charge >= 0.3 is 0 Å². The van der Waals surface area contributed by atoms with Gasteiger partial charge in [-0.15, -0.1) is 9.24 Å². The van der Waals surface area contributed by atoms with E-state index in [9.17, 15) is 0 Å². The van der Waals surface area contributed by atoms with Gasteiger partial charge in [0, 0.05) is 27.7 Å². The fraction of sp³-hybridized carbons (Fsp3) is 0.0870. The zero-order valence-electron chi connectivity index (χ0n) is 14.7. The summed E-state index contributed by atoms with van der Waals surface area (Å²) >= 11 is 0. The van der Waals surface area contributed by atoms with E-state index in [1.807, 2.05) is 6.20 Å². The number of hydrogen-bond acceptors (Lipinski definition) is 1. The molecule has 0 aliphatic carbocycles. The molecule has 0 aliphatic heterocycles. The Labute approximate surface area is 153 Å². The average molecular weight is 352 g/mol. The van der Waals surface area contributed by atoms with Gasteiger partial charge in [-0.1, -0.05) is 29.8 Å². The van der Waals surface area contributed by atoms with E-state index in [2.05, 4.69) is 76.0 Å². The van der Waals surface area contributed by atoms with Crippen LogP contribution in [0.25, 0.3) is 49.0 Å². The van der Waals surface area contributed by atoms with Gasteiger partial charge in [0.1, 0.15) is 0 Å². The zero-order chi connectivity index (χ0) is 17.6. The Hall–Kier alpha value is -2.70. The minimum absolute atomic E-state index is 1.11. The molecule has 0 amide bonds. The van der Waals surface area contributed by atoms with Crippen molar-refractivity contribution in [1.82, 2.24) is 9.38 Å². The summed E-state index contributed by atoms with van der Waals surface area (Å²) in [6.45, 7) is 4.37. The second kappa shape index (κ2) is 4.72. The predicted octanol–water partition coefficient (Wildman–Crippen LogP) is 5.50. The third kappa shape index (κ3) is 1.63. The molecule has 0 saturated carbocycles. The van der Waals surface area contributed by atoms with Crippen molar-refractivity contribution in [3.8, 4) is 0 Å². The van der Waals surface area contributed by atoms with Crippen LogP contribution in [0.5, 0.6) is 0 Å². The summed E-state index contributed by atoms with van der Waals surface area (Å²) in [5, 5.41) is 7.57. The van der Waals surface area contributed by atoms with Crippen LogP contribution in [0, 0.1) is 13.8 Å². The van der Waals surface area contributed by atoms with Crippen molar-refractivity contribution in [2.24, 2.45) is 0 Å². The van der Waals surface area contributed by atoms with E-state index < -0.39 is 0 Å². The van der Waals surface area contributed by atoms with Gasteiger partial charge in [-0.25, -0.2) is 0 Å². The minimum atomic E-state index is 1.11. The summed E-state index contributed by atoms with van der Waals surface area (Å²) in [5.41, 5.74) is 7.50. The molecule has 3 heteroatoms. The van der Waals surface area contributed by atoms with Crippen LogP contribution in [0.4, 0.5) is 0 Å². The second-order valence-electron chi connectivity index (χ2n) is 7.31. The van der Waals surface area contributed by atoms with Crippen LogP contribution >= 0.6 is 9.24 Å². The maximum atomic E-state index is 4.81. The summed E-state index contributed by atoms with van der Waals surface area (Å²) in [7, 11) is 2.82. The molecule has 6 rings (SSSR count). The topological polar surface area (TPSA) is 17.3 Å². The van der Waals surface area contributed by atoms with Crippen molar-refractivity contribution < 1.29 is 0 Å². The molecule has 0 aliphatic rings. The van der Waals surface area contributed by atoms with Crippen LogP contribution in [0.15, 0.2) is 54.7 Å². The molecule has 0 radical (unpaired) electrons. The predicted molar refractivity (Wildman–Crippen MR) is 115 cm³/mol. The van der Waals surface area contributed by atoms with Gasteiger partial charge in [-0.2, -0.15) is 0 Å². The first-order chi connectivity index (χ1) is 12.6. The quantitative estimate of drug-likeness (QED) is 0.200. The number of nitrogens with zero attached hydrogens (tertiary/aromatic N) is 2. The normalized spacial score (nSPS) is 12.4. The van der Waals surface area contributed by atoms with Crippen LogP contribution in [-0.2, 0) is 0 Å². The Balaban J connectivity index is 2.13. The molecule has 1 unspecified atom stereocenters. The molecule has 124 valence electrons. The van der Waals surface area contributed by atoms with Gasteiger partial charge in [0.05, 0.1) is 22.1 Å². The maximum absolute atomic E-state index is 4.81. The summed E-state index contributed by atoms with van der Waals surface area (Å²) in [4.78, 5) is 4.81. The lowest BCUT2D eigenvalue weighted by Crippen LogP contribution is -1.97. The third-order valence-corrected chi connectivity index (χ3v) is 5.96. The monoisotopic (exact) mass is 352 g/mol. The summed E-state index contributed by atoms with van der Waals surface area (Å²) in [5.74, 6) is 0. The highest BCUT2D eigenvalue weighted by Crippen LogP contribution is 2.41. The van der Waals surface area contributed by atoms with E-state index in [0.29, 0.717) is 0 Å². The average Bonchev–Trinajstić information content (AvgIpc) is 2.95. The number of rotatable bonds is 0. The first kappa shape index (κ1) is 14.5. The van der Waals surface area contributed by atoms with Crippen molar-refractivity contribution >= 4 is 63.5 Å². The molecular formula is C23H17N2P. The molecule has 6 aromatic rings. The number of pyridine rings is 2. The molecule has 26 heavy (non-hydrogen) atoms. The Morgan fingerprint density at radius 3 is 2.62 bits per heavy atom. The van der Waals surface area contributed by atoms with Crippen molar-refractivity contribution in [2.75, 3.05) is 0 Å². The molecule has 2 nitrogen and oxygen atoms in total. The first-order valence-electron chi connectivity index (χ1n) is 8.87. The zero-order valence-corrected chi connectivity index (χ0v) is 15.8. The highest BCUT2D eigenvalue weighted by Gasteiger charge is 2.19. The van der Waals surface area contributed by atoms with Gasteiger partial charge in [0.2, 0.25) is 0 Å². The van der Waals surface area contributed by atoms with Gasteiger partial charge in [0.15, 0.2) is 0 Å². The van der Waals surface area contributed by atoms with E-state index in [0.717, 1.165) is 5.52 Å². The van der Waals surface area contributed by atoms with Gasteiger partial charge in [-0.05, 0) is 54.4 Å². The highest BCUT2D eigenvalue weighted by atomic mass is 31.0. The van der Waals surface area contributed by atoms with Crippen LogP contribution in [0.2, 0.25) is 0 Å². The highest BCUT2D eigenvalue weighted by molar-refractivity contribution is 7.27. The lowest BCUT2D eigenvalue weighted by Gasteiger charge is -2.14. The van der Waals surface area contributed by atoms with Crippen LogP contribution < -0.4 is 5.30 Å². The Bertz CT molecular complexity index is 1510. The van der Waals surface area contributed by atoms with Crippen LogP contribution in [0.3, 0.4) is 0 Å². The number of aryl methyl sites for hydroxylation is 2. The lowest BCUT2D eigenvalue weighted by atomic mass is 10.00. The lowest BCUT2D eigenvalue weighted by molar-refractivity contribution is 1.29. The first-order valence-corrected chi connectivity index (χ1v) is 9.44. The molecule has 3 heterocycles. The van der Waals surface area contributed by atoms with E-state index >= 15 is 0 Å². The van der Waals surface area contributed by atoms with Gasteiger partial charge in [0.25, 0.3) is 0 Å². The molecule has 3 aromatic heterocycles. The fourth-order valence-corrected chi connectivity index (χ4v) is 4.92. The second-order valence-corrected chi connectivity index (χ2v) is 7.98. The van der Waals surface area contributed by atoms with Crippen molar-refractivity contribution in [3.05, 3.63) is 65.9 Å². The largest absolute Gasteiger partial charge is 0.308 e. The Kier molecular flexibility index (Phi) is 2.63. The summed E-state index contributed by atoms with van der Waals surface area (Å²) < 4.78 is 2.45. The molecular weight excluding hydrogens is 335 g/mol. The number of fused-ring (bicyclic) bond motifs is 6. The summed E-state index contributed by atoms with van der Waals surface area (Å²) in [6, 6.07) is 17.9. The van der Waals surface area contributed by atoms with Gasteiger partial charge < -0.3 is 4.40 Å². The van der Waals surface area contributed by atoms with Crippen molar-refractivity contribution in [1.29, 1.82) is 0 Å². The standard InChI is InChI=1S/C23H17N2P/c1-12-9-13(2)22-18(10-12)21-20-14(7-8-24-21)3-5-16-17-11-15(26)4-6-19(17)25(22)23(16)20/h3-11H,26H2,1-2H3. The SMILES string of the molecule is Cc1cc(C)c2c(c1)c1nccc3ccc4c5cc(P)ccc5n2c4c31. The maximum Gasteiger partial charge on any atom is 0.0822 e. The van der Waals surface area contributed by atoms with Crippen molar-refractivity contribution in [3.63, 3.8) is 0 Å². The van der Waals surface area contributed by atoms with Gasteiger partial charge in [-0.3, -0.25) is 4.98 Å². The molecule has 0 bridgehead atoms. The smallest absolute Gasteiger partial charge is 0.0822 e. The molecule has 0 N–H and O–H groups in total. The molecule has 1 atom stereocenters. The molecule has 0 saturated heterocycles. The molecule has 0 spiro atoms. The minimum Gasteiger partial charge on any atom is -0.308 e. The molecule has 0 fully saturated rings. The van der Waals surface area contributed by atoms with E-state index in [1.54, 1.807) is 0 Å². The van der Waals surface area contributed by atoms with Crippen LogP contribution in [0.1, 0.15) is 11.1 Å². The van der Waals surface area contributed by atoms with Crippen molar-refractivity contribution in [2.45, 2.75) is 13.8 Å². The number of benzene rings is 3. The fourth-order valence-electron chi connectivity index (χ4n) is 4.66. The van der Waals surface area contributed by atoms with E-state index in [4.69, 9.17) is 4.98 Å². The van der Waals surface area contributed by atoms with E-state index in [1.165, 1.54) is 59.9 Å². The Morgan fingerprint density at radius 1 is 0.846 bits per heavy atom.